The summed E-state index contributed by atoms with van der Waals surface area (Å²) in [6.45, 7) is 2.23. The molecule has 0 spiro atoms. The maximum Gasteiger partial charge on any atom is 0.243 e. The lowest BCUT2D eigenvalue weighted by atomic mass is 10.2. The smallest absolute Gasteiger partial charge is 0.243 e. The molecule has 1 aromatic carbocycles. The van der Waals surface area contributed by atoms with E-state index in [1.165, 1.54) is 6.33 Å². The van der Waals surface area contributed by atoms with E-state index in [1.807, 2.05) is 48.7 Å². The lowest BCUT2D eigenvalue weighted by Crippen LogP contribution is -2.31. The van der Waals surface area contributed by atoms with Crippen molar-refractivity contribution in [1.29, 1.82) is 0 Å². The van der Waals surface area contributed by atoms with Gasteiger partial charge in [0.25, 0.3) is 0 Å². The van der Waals surface area contributed by atoms with E-state index in [-0.39, 0.29) is 5.91 Å². The SMILES string of the molecule is CC(C(=O)NCc1ccc(-n2cncn2)cc1)n1c(-c2cccs2)n[nH]c1=S. The van der Waals surface area contributed by atoms with Crippen molar-refractivity contribution in [2.75, 3.05) is 0 Å². The summed E-state index contributed by atoms with van der Waals surface area (Å²) >= 11 is 6.88. The molecule has 1 unspecified atom stereocenters. The summed E-state index contributed by atoms with van der Waals surface area (Å²) < 4.78 is 3.84. The van der Waals surface area contributed by atoms with E-state index in [1.54, 1.807) is 26.9 Å². The van der Waals surface area contributed by atoms with Gasteiger partial charge in [0, 0.05) is 6.54 Å². The van der Waals surface area contributed by atoms with Crippen LogP contribution in [0.3, 0.4) is 0 Å². The monoisotopic (exact) mass is 411 g/mol. The number of amides is 1. The molecule has 0 aliphatic carbocycles. The topological polar surface area (TPSA) is 93.4 Å². The van der Waals surface area contributed by atoms with Crippen LogP contribution in [0.2, 0.25) is 0 Å². The molecule has 10 heteroatoms. The number of carbonyl (C=O) groups excluding carboxylic acids is 1. The van der Waals surface area contributed by atoms with E-state index in [4.69, 9.17) is 12.2 Å². The van der Waals surface area contributed by atoms with E-state index in [0.29, 0.717) is 17.1 Å². The highest BCUT2D eigenvalue weighted by Gasteiger charge is 2.21. The van der Waals surface area contributed by atoms with Crippen LogP contribution in [0.25, 0.3) is 16.4 Å². The Labute approximate surface area is 169 Å². The minimum Gasteiger partial charge on any atom is -0.350 e. The molecule has 0 radical (unpaired) electrons. The number of hydrogen-bond acceptors (Lipinski definition) is 6. The zero-order chi connectivity index (χ0) is 19.5. The summed E-state index contributed by atoms with van der Waals surface area (Å²) in [7, 11) is 0. The summed E-state index contributed by atoms with van der Waals surface area (Å²) in [5.74, 6) is 0.537. The number of nitrogens with one attached hydrogen (secondary N) is 2. The molecule has 0 fully saturated rings. The number of H-pyrrole nitrogens is 1. The predicted octanol–water partition coefficient (Wildman–Crippen LogP) is 3.13. The highest BCUT2D eigenvalue weighted by Crippen LogP contribution is 2.25. The Kier molecular flexibility index (Phi) is 5.13. The molecule has 8 nitrogen and oxygen atoms in total. The van der Waals surface area contributed by atoms with Crippen molar-refractivity contribution in [2.45, 2.75) is 19.5 Å². The van der Waals surface area contributed by atoms with Crippen LogP contribution >= 0.6 is 23.6 Å². The van der Waals surface area contributed by atoms with E-state index < -0.39 is 6.04 Å². The van der Waals surface area contributed by atoms with E-state index in [0.717, 1.165) is 16.1 Å². The number of aromatic nitrogens is 6. The molecule has 0 aliphatic rings. The highest BCUT2D eigenvalue weighted by atomic mass is 32.1. The van der Waals surface area contributed by atoms with Crippen LogP contribution in [0.5, 0.6) is 0 Å². The first-order chi connectivity index (χ1) is 13.6. The first-order valence-electron chi connectivity index (χ1n) is 8.56. The molecule has 4 aromatic rings. The standard InChI is InChI=1S/C18H17N7OS2/c1-12(25-16(22-23-18(25)27)15-3-2-8-28-15)17(26)20-9-13-4-6-14(7-5-13)24-11-19-10-21-24/h2-8,10-12H,9H2,1H3,(H,20,26)(H,23,27). The number of hydrogen-bond donors (Lipinski definition) is 2. The number of aromatic amines is 1. The largest absolute Gasteiger partial charge is 0.350 e. The van der Waals surface area contributed by atoms with Crippen molar-refractivity contribution in [2.24, 2.45) is 0 Å². The summed E-state index contributed by atoms with van der Waals surface area (Å²) in [5.41, 5.74) is 1.89. The predicted molar refractivity (Wildman–Crippen MR) is 109 cm³/mol. The Morgan fingerprint density at radius 3 is 2.82 bits per heavy atom. The van der Waals surface area contributed by atoms with Gasteiger partial charge < -0.3 is 5.32 Å². The lowest BCUT2D eigenvalue weighted by Gasteiger charge is -2.15. The summed E-state index contributed by atoms with van der Waals surface area (Å²) in [4.78, 5) is 17.6. The minimum absolute atomic E-state index is 0.129. The number of thiophene rings is 1. The number of nitrogens with zero attached hydrogens (tertiary/aromatic N) is 5. The normalized spacial score (nSPS) is 12.0. The van der Waals surface area contributed by atoms with Gasteiger partial charge in [0.2, 0.25) is 5.91 Å². The first kappa shape index (κ1) is 18.3. The molecular formula is C18H17N7OS2. The zero-order valence-corrected chi connectivity index (χ0v) is 16.6. The van der Waals surface area contributed by atoms with Gasteiger partial charge in [-0.15, -0.1) is 11.3 Å². The van der Waals surface area contributed by atoms with Gasteiger partial charge in [0.05, 0.1) is 10.6 Å². The van der Waals surface area contributed by atoms with E-state index in [9.17, 15) is 4.79 Å². The summed E-state index contributed by atoms with van der Waals surface area (Å²) in [5, 5.41) is 16.1. The minimum atomic E-state index is -0.488. The van der Waals surface area contributed by atoms with Crippen molar-refractivity contribution >= 4 is 29.5 Å². The fraction of sp³-hybridized carbons (Fsp3) is 0.167. The Morgan fingerprint density at radius 2 is 2.14 bits per heavy atom. The van der Waals surface area contributed by atoms with Gasteiger partial charge in [-0.05, 0) is 48.3 Å². The molecular weight excluding hydrogens is 394 g/mol. The van der Waals surface area contributed by atoms with Gasteiger partial charge in [0.15, 0.2) is 10.6 Å². The van der Waals surface area contributed by atoms with Gasteiger partial charge in [0.1, 0.15) is 18.7 Å². The quantitative estimate of drug-likeness (QED) is 0.476. The molecule has 28 heavy (non-hydrogen) atoms. The Bertz CT molecular complexity index is 1110. The molecule has 0 bridgehead atoms. The van der Waals surface area contributed by atoms with Gasteiger partial charge in [-0.1, -0.05) is 18.2 Å². The number of benzene rings is 1. The van der Waals surface area contributed by atoms with Crippen LogP contribution < -0.4 is 5.32 Å². The van der Waals surface area contributed by atoms with E-state index >= 15 is 0 Å². The van der Waals surface area contributed by atoms with Gasteiger partial charge in [-0.25, -0.2) is 9.67 Å². The molecule has 0 saturated carbocycles. The van der Waals surface area contributed by atoms with Crippen LogP contribution in [-0.2, 0) is 11.3 Å². The molecule has 3 heterocycles. The average Bonchev–Trinajstić information content (AvgIpc) is 3.47. The molecule has 2 N–H and O–H groups in total. The lowest BCUT2D eigenvalue weighted by molar-refractivity contribution is -0.124. The van der Waals surface area contributed by atoms with Crippen molar-refractivity contribution in [3.63, 3.8) is 0 Å². The third-order valence-electron chi connectivity index (χ3n) is 4.30. The van der Waals surface area contributed by atoms with Crippen LogP contribution in [0.4, 0.5) is 0 Å². The fourth-order valence-corrected chi connectivity index (χ4v) is 3.81. The molecule has 1 atom stereocenters. The molecule has 0 aliphatic heterocycles. The molecule has 4 rings (SSSR count). The third kappa shape index (κ3) is 3.64. The van der Waals surface area contributed by atoms with Crippen LogP contribution in [-0.4, -0.2) is 35.4 Å². The maximum atomic E-state index is 12.7. The van der Waals surface area contributed by atoms with Gasteiger partial charge in [-0.3, -0.25) is 14.5 Å². The second-order valence-corrected chi connectivity index (χ2v) is 7.43. The molecule has 1 amide bonds. The maximum absolute atomic E-state index is 12.7. The number of carbonyl (C=O) groups is 1. The first-order valence-corrected chi connectivity index (χ1v) is 9.84. The van der Waals surface area contributed by atoms with Crippen molar-refractivity contribution < 1.29 is 4.79 Å². The highest BCUT2D eigenvalue weighted by molar-refractivity contribution is 7.71. The van der Waals surface area contributed by atoms with Crippen molar-refractivity contribution in [3.8, 4) is 16.4 Å². The van der Waals surface area contributed by atoms with Crippen LogP contribution in [0.1, 0.15) is 18.5 Å². The van der Waals surface area contributed by atoms with Crippen LogP contribution in [0, 0.1) is 4.77 Å². The summed E-state index contributed by atoms with van der Waals surface area (Å²) in [6.07, 6.45) is 3.12. The third-order valence-corrected chi connectivity index (χ3v) is 5.45. The molecule has 142 valence electrons. The molecule has 0 saturated heterocycles. The fourth-order valence-electron chi connectivity index (χ4n) is 2.81. The Hall–Kier alpha value is -3.11. The van der Waals surface area contributed by atoms with Crippen molar-refractivity contribution in [3.05, 3.63) is 64.8 Å². The Balaban J connectivity index is 1.44. The summed E-state index contributed by atoms with van der Waals surface area (Å²) in [6, 6.07) is 11.2. The van der Waals surface area contributed by atoms with Gasteiger partial charge >= 0.3 is 0 Å². The van der Waals surface area contributed by atoms with Gasteiger partial charge in [-0.2, -0.15) is 10.2 Å². The number of rotatable bonds is 6. The second-order valence-electron chi connectivity index (χ2n) is 6.10. The Morgan fingerprint density at radius 1 is 1.32 bits per heavy atom. The van der Waals surface area contributed by atoms with Crippen LogP contribution in [0.15, 0.2) is 54.4 Å². The van der Waals surface area contributed by atoms with Crippen molar-refractivity contribution in [1.82, 2.24) is 34.8 Å². The average molecular weight is 412 g/mol. The second kappa shape index (κ2) is 7.87. The zero-order valence-electron chi connectivity index (χ0n) is 14.9. The van der Waals surface area contributed by atoms with E-state index in [2.05, 4.69) is 25.6 Å². The molecule has 3 aromatic heterocycles.